The number of amides is 1. The van der Waals surface area contributed by atoms with Gasteiger partial charge in [-0.2, -0.15) is 5.10 Å². The Morgan fingerprint density at radius 1 is 1.24 bits per heavy atom. The van der Waals surface area contributed by atoms with E-state index in [2.05, 4.69) is 20.3 Å². The zero-order valence-corrected chi connectivity index (χ0v) is 23.0. The second kappa shape index (κ2) is 11.5. The van der Waals surface area contributed by atoms with Gasteiger partial charge in [-0.25, -0.2) is 14.8 Å². The maximum absolute atomic E-state index is 12.6. The lowest BCUT2D eigenvalue weighted by Crippen LogP contribution is -2.41. The van der Waals surface area contributed by atoms with Crippen LogP contribution in [0.1, 0.15) is 45.2 Å². The molecule has 0 unspecified atom stereocenters. The first-order valence-electron chi connectivity index (χ1n) is 12.6. The summed E-state index contributed by atoms with van der Waals surface area (Å²) >= 11 is 6.32. The van der Waals surface area contributed by atoms with Gasteiger partial charge >= 0.3 is 6.09 Å². The maximum Gasteiger partial charge on any atom is 0.410 e. The van der Waals surface area contributed by atoms with Crippen LogP contribution in [0.4, 0.5) is 10.7 Å². The van der Waals surface area contributed by atoms with Crippen LogP contribution in [0.5, 0.6) is 0 Å². The lowest BCUT2D eigenvalue weighted by Gasteiger charge is -2.33. The zero-order valence-electron chi connectivity index (χ0n) is 22.2. The molecule has 10 heteroatoms. The van der Waals surface area contributed by atoms with Crippen molar-refractivity contribution in [2.24, 2.45) is 0 Å². The van der Waals surface area contributed by atoms with E-state index in [0.29, 0.717) is 24.1 Å². The van der Waals surface area contributed by atoms with Gasteiger partial charge in [-0.1, -0.05) is 23.7 Å². The fraction of sp³-hybridized carbons (Fsp3) is 0.481. The molecule has 0 bridgehead atoms. The number of benzene rings is 1. The average Bonchev–Trinajstić information content (AvgIpc) is 3.28. The summed E-state index contributed by atoms with van der Waals surface area (Å²) in [5.74, 6) is 0.762. The molecule has 0 saturated carbocycles. The van der Waals surface area contributed by atoms with Crippen molar-refractivity contribution in [3.63, 3.8) is 0 Å². The quantitative estimate of drug-likeness (QED) is 0.433. The van der Waals surface area contributed by atoms with Crippen LogP contribution < -0.4 is 5.32 Å². The molecule has 0 spiro atoms. The molecule has 2 N–H and O–H groups in total. The number of ether oxygens (including phenoxy) is 1. The molecule has 1 fully saturated rings. The average molecular weight is 526 g/mol. The molecule has 4 rings (SSSR count). The van der Waals surface area contributed by atoms with Crippen LogP contribution in [0.3, 0.4) is 0 Å². The van der Waals surface area contributed by atoms with Gasteiger partial charge in [-0.3, -0.25) is 5.10 Å². The number of likely N-dealkylation sites (N-methyl/N-ethyl adjacent to an activating group) is 1. The molecular formula is C27H36ClN7O2. The van der Waals surface area contributed by atoms with E-state index in [4.69, 9.17) is 26.4 Å². The molecule has 3 aromatic rings. The van der Waals surface area contributed by atoms with Crippen LogP contribution in [0.15, 0.2) is 36.5 Å². The summed E-state index contributed by atoms with van der Waals surface area (Å²) in [6.07, 6.45) is 3.09. The van der Waals surface area contributed by atoms with Gasteiger partial charge in [0.1, 0.15) is 11.3 Å². The van der Waals surface area contributed by atoms with Gasteiger partial charge in [0.05, 0.1) is 5.69 Å². The smallest absolute Gasteiger partial charge is 0.410 e. The molecule has 1 aliphatic rings. The first-order chi connectivity index (χ1) is 17.6. The maximum atomic E-state index is 12.6. The molecule has 3 heterocycles. The first kappa shape index (κ1) is 26.9. The number of hydrogen-bond donors (Lipinski definition) is 2. The largest absolute Gasteiger partial charge is 0.444 e. The van der Waals surface area contributed by atoms with Gasteiger partial charge in [-0.05, 0) is 65.9 Å². The second-order valence-corrected chi connectivity index (χ2v) is 11.0. The fourth-order valence-electron chi connectivity index (χ4n) is 4.41. The molecule has 198 valence electrons. The van der Waals surface area contributed by atoms with Crippen molar-refractivity contribution < 1.29 is 9.53 Å². The number of H-pyrrole nitrogens is 1. The number of piperidine rings is 1. The van der Waals surface area contributed by atoms with Gasteiger partial charge in [0.15, 0.2) is 0 Å². The third-order valence-corrected chi connectivity index (χ3v) is 6.44. The molecule has 9 nitrogen and oxygen atoms in total. The Kier molecular flexibility index (Phi) is 8.34. The van der Waals surface area contributed by atoms with Crippen molar-refractivity contribution in [1.29, 1.82) is 0 Å². The van der Waals surface area contributed by atoms with E-state index in [0.717, 1.165) is 54.1 Å². The van der Waals surface area contributed by atoms with E-state index >= 15 is 0 Å². The Hall–Kier alpha value is -3.17. The summed E-state index contributed by atoms with van der Waals surface area (Å²) in [5.41, 5.74) is 3.94. The van der Waals surface area contributed by atoms with Crippen LogP contribution in [0, 0.1) is 0 Å². The minimum Gasteiger partial charge on any atom is -0.444 e. The fourth-order valence-corrected chi connectivity index (χ4v) is 4.60. The normalized spacial score (nSPS) is 14.7. The standard InChI is InChI=1S/C27H36ClN7O2/c1-27(2,3)37-26(36)35-14-10-18(11-15-35)23-22(24(33-32-23)19-7-6-8-20(28)17-19)21-9-12-29-25(31-21)30-13-16-34(4)5/h6-9,12,17-18H,10-11,13-16H2,1-5H3,(H,32,33)(H,29,30,31). The third-order valence-electron chi connectivity index (χ3n) is 6.20. The highest BCUT2D eigenvalue weighted by atomic mass is 35.5. The molecule has 1 saturated heterocycles. The monoisotopic (exact) mass is 525 g/mol. The Labute approximate surface area is 223 Å². The number of aromatic nitrogens is 4. The van der Waals surface area contributed by atoms with Crippen molar-refractivity contribution >= 4 is 23.6 Å². The number of likely N-dealkylation sites (tertiary alicyclic amines) is 1. The SMILES string of the molecule is CN(C)CCNc1nccc(-c2c(-c3cccc(Cl)c3)n[nH]c2C2CCN(C(=O)OC(C)(C)C)CC2)n1. The van der Waals surface area contributed by atoms with Crippen molar-refractivity contribution in [3.05, 3.63) is 47.2 Å². The van der Waals surface area contributed by atoms with Crippen LogP contribution >= 0.6 is 11.6 Å². The predicted octanol–water partition coefficient (Wildman–Crippen LogP) is 5.28. The number of hydrogen-bond acceptors (Lipinski definition) is 7. The van der Waals surface area contributed by atoms with E-state index in [1.807, 2.05) is 65.2 Å². The van der Waals surface area contributed by atoms with Gasteiger partial charge in [0.25, 0.3) is 0 Å². The third kappa shape index (κ3) is 6.99. The predicted molar refractivity (Wildman–Crippen MR) is 147 cm³/mol. The molecule has 0 radical (unpaired) electrons. The summed E-state index contributed by atoms with van der Waals surface area (Å²) in [6.45, 7) is 8.50. The molecule has 37 heavy (non-hydrogen) atoms. The molecule has 1 aliphatic heterocycles. The van der Waals surface area contributed by atoms with Gasteiger partial charge < -0.3 is 19.9 Å². The van der Waals surface area contributed by atoms with E-state index in [-0.39, 0.29) is 12.0 Å². The van der Waals surface area contributed by atoms with Gasteiger partial charge in [-0.15, -0.1) is 0 Å². The molecule has 0 atom stereocenters. The van der Waals surface area contributed by atoms with Crippen LogP contribution in [0.25, 0.3) is 22.5 Å². The Bertz CT molecular complexity index is 1210. The highest BCUT2D eigenvalue weighted by molar-refractivity contribution is 6.30. The van der Waals surface area contributed by atoms with Crippen LogP contribution in [-0.2, 0) is 4.74 Å². The number of nitrogens with one attached hydrogen (secondary N) is 2. The highest BCUT2D eigenvalue weighted by Gasteiger charge is 2.31. The van der Waals surface area contributed by atoms with Crippen molar-refractivity contribution in [1.82, 2.24) is 30.0 Å². The number of carbonyl (C=O) groups is 1. The minimum atomic E-state index is -0.512. The summed E-state index contributed by atoms with van der Waals surface area (Å²) in [4.78, 5) is 25.7. The zero-order chi connectivity index (χ0) is 26.6. The Morgan fingerprint density at radius 2 is 2.00 bits per heavy atom. The van der Waals surface area contributed by atoms with E-state index < -0.39 is 5.60 Å². The summed E-state index contributed by atoms with van der Waals surface area (Å²) in [6, 6.07) is 9.59. The molecule has 1 aromatic carbocycles. The molecule has 0 aliphatic carbocycles. The van der Waals surface area contributed by atoms with Crippen LogP contribution in [-0.4, -0.2) is 81.9 Å². The molecular weight excluding hydrogens is 490 g/mol. The number of halogens is 1. The lowest BCUT2D eigenvalue weighted by molar-refractivity contribution is 0.0204. The number of nitrogens with zero attached hydrogens (tertiary/aromatic N) is 5. The summed E-state index contributed by atoms with van der Waals surface area (Å²) < 4.78 is 5.57. The van der Waals surface area contributed by atoms with Crippen molar-refractivity contribution in [3.8, 4) is 22.5 Å². The minimum absolute atomic E-state index is 0.189. The van der Waals surface area contributed by atoms with E-state index in [9.17, 15) is 4.79 Å². The molecule has 2 aromatic heterocycles. The molecule has 1 amide bonds. The van der Waals surface area contributed by atoms with Crippen molar-refractivity contribution in [2.45, 2.75) is 45.1 Å². The summed E-state index contributed by atoms with van der Waals surface area (Å²) in [7, 11) is 4.06. The Balaban J connectivity index is 1.63. The van der Waals surface area contributed by atoms with Gasteiger partial charge in [0.2, 0.25) is 5.95 Å². The van der Waals surface area contributed by atoms with Gasteiger partial charge in [0, 0.05) is 60.1 Å². The highest BCUT2D eigenvalue weighted by Crippen LogP contribution is 2.39. The number of rotatable bonds is 7. The number of aromatic amines is 1. The first-order valence-corrected chi connectivity index (χ1v) is 13.0. The Morgan fingerprint density at radius 3 is 2.68 bits per heavy atom. The van der Waals surface area contributed by atoms with E-state index in [1.165, 1.54) is 0 Å². The number of carbonyl (C=O) groups excluding carboxylic acids is 1. The summed E-state index contributed by atoms with van der Waals surface area (Å²) in [5, 5.41) is 12.0. The van der Waals surface area contributed by atoms with E-state index in [1.54, 1.807) is 11.1 Å². The lowest BCUT2D eigenvalue weighted by atomic mass is 9.89. The van der Waals surface area contributed by atoms with Crippen molar-refractivity contribution in [2.75, 3.05) is 45.6 Å². The van der Waals surface area contributed by atoms with Crippen LogP contribution in [0.2, 0.25) is 5.02 Å². The second-order valence-electron chi connectivity index (χ2n) is 10.6. The number of anilines is 1. The topological polar surface area (TPSA) is 99.3 Å².